The number of imidazole rings is 2. The van der Waals surface area contributed by atoms with Crippen molar-refractivity contribution in [3.05, 3.63) is 36.4 Å². The second-order valence-corrected chi connectivity index (χ2v) is 10.2. The maximum Gasteiger partial charge on any atom is 0.281 e. The predicted octanol–water partition coefficient (Wildman–Crippen LogP) is 1.78. The lowest BCUT2D eigenvalue weighted by Crippen LogP contribution is -2.49. The Hall–Kier alpha value is -2.86. The quantitative estimate of drug-likeness (QED) is 0.313. The van der Waals surface area contributed by atoms with Crippen LogP contribution in [0.4, 0.5) is 0 Å². The molecule has 0 spiro atoms. The van der Waals surface area contributed by atoms with Crippen molar-refractivity contribution in [2.24, 2.45) is 10.8 Å². The molecule has 11 nitrogen and oxygen atoms in total. The Balaban J connectivity index is 1.63. The molecule has 186 valence electrons. The van der Waals surface area contributed by atoms with Gasteiger partial charge in [0, 0.05) is 36.9 Å². The number of hydrogen-bond donors (Lipinski definition) is 4. The Morgan fingerprint density at radius 1 is 1.03 bits per heavy atom. The Labute approximate surface area is 204 Å². The number of rotatable bonds is 13. The summed E-state index contributed by atoms with van der Waals surface area (Å²) in [7, 11) is 0. The number of hydrazone groups is 1. The summed E-state index contributed by atoms with van der Waals surface area (Å²) in [6.45, 7) is 10.2. The molecule has 1 aliphatic heterocycles. The third kappa shape index (κ3) is 6.38. The summed E-state index contributed by atoms with van der Waals surface area (Å²) in [4.78, 5) is 43.1. The van der Waals surface area contributed by atoms with E-state index in [1.807, 2.05) is 0 Å². The topological polar surface area (TPSA) is 148 Å². The highest BCUT2D eigenvalue weighted by Gasteiger charge is 2.45. The molecular weight excluding hydrogens is 454 g/mol. The number of carbonyl (C=O) groups is 2. The van der Waals surface area contributed by atoms with Gasteiger partial charge in [-0.15, -0.1) is 0 Å². The van der Waals surface area contributed by atoms with Gasteiger partial charge in [-0.1, -0.05) is 11.8 Å². The van der Waals surface area contributed by atoms with Gasteiger partial charge in [0.05, 0.1) is 13.1 Å². The molecule has 0 aliphatic carbocycles. The van der Waals surface area contributed by atoms with E-state index in [0.29, 0.717) is 30.2 Å². The molecule has 1 aliphatic rings. The van der Waals surface area contributed by atoms with Crippen LogP contribution in [0.2, 0.25) is 0 Å². The van der Waals surface area contributed by atoms with Crippen molar-refractivity contribution in [3.63, 3.8) is 0 Å². The number of aromatic amines is 2. The zero-order valence-corrected chi connectivity index (χ0v) is 21.1. The second-order valence-electron chi connectivity index (χ2n) is 8.94. The minimum Gasteiger partial charge on any atom is -0.367 e. The summed E-state index contributed by atoms with van der Waals surface area (Å²) >= 11 is 1.10. The molecule has 0 fully saturated rings. The zero-order chi connectivity index (χ0) is 24.7. The van der Waals surface area contributed by atoms with Crippen LogP contribution in [0.5, 0.6) is 0 Å². The fourth-order valence-corrected chi connectivity index (χ4v) is 5.10. The Bertz CT molecular complexity index is 915. The number of hydrogen-bond acceptors (Lipinski definition) is 8. The highest BCUT2D eigenvalue weighted by atomic mass is 32.2. The summed E-state index contributed by atoms with van der Waals surface area (Å²) in [5.41, 5.74) is 8.64. The molecule has 3 heterocycles. The summed E-state index contributed by atoms with van der Waals surface area (Å²) in [6, 6.07) is 0.900. The Morgan fingerprint density at radius 2 is 1.62 bits per heavy atom. The smallest absolute Gasteiger partial charge is 0.281 e. The summed E-state index contributed by atoms with van der Waals surface area (Å²) in [5, 5.41) is 4.42. The van der Waals surface area contributed by atoms with Crippen LogP contribution in [0.25, 0.3) is 0 Å². The van der Waals surface area contributed by atoms with Gasteiger partial charge in [-0.2, -0.15) is 5.10 Å². The number of amides is 2. The van der Waals surface area contributed by atoms with E-state index in [0.717, 1.165) is 31.1 Å². The van der Waals surface area contributed by atoms with E-state index in [-0.39, 0.29) is 24.0 Å². The van der Waals surface area contributed by atoms with Gasteiger partial charge < -0.3 is 20.6 Å². The average Bonchev–Trinajstić information content (AvgIpc) is 3.55. The SMILES string of the molecule is CC(C)N(CCCCC1(C(N)=O)NN=C(C(=O)N(Cc2ncc[nH]2)Cc2ncc[nH]2)S1)C(C)C. The molecule has 1 unspecified atom stereocenters. The lowest BCUT2D eigenvalue weighted by Gasteiger charge is -2.31. The number of nitrogens with two attached hydrogens (primary N) is 1. The third-order valence-electron chi connectivity index (χ3n) is 5.79. The monoisotopic (exact) mass is 489 g/mol. The minimum atomic E-state index is -1.13. The van der Waals surface area contributed by atoms with Crippen molar-refractivity contribution in [2.45, 2.75) is 77.0 Å². The molecular formula is C22H35N9O2S. The Morgan fingerprint density at radius 3 is 2.09 bits per heavy atom. The number of carbonyl (C=O) groups excluding carboxylic acids is 2. The number of H-pyrrole nitrogens is 2. The zero-order valence-electron chi connectivity index (χ0n) is 20.2. The first-order valence-corrected chi connectivity index (χ1v) is 12.4. The molecule has 0 saturated heterocycles. The van der Waals surface area contributed by atoms with Gasteiger partial charge >= 0.3 is 0 Å². The highest BCUT2D eigenvalue weighted by molar-refractivity contribution is 8.17. The lowest BCUT2D eigenvalue weighted by molar-refractivity contribution is -0.125. The van der Waals surface area contributed by atoms with Gasteiger partial charge in [0.1, 0.15) is 11.6 Å². The highest BCUT2D eigenvalue weighted by Crippen LogP contribution is 2.34. The van der Waals surface area contributed by atoms with E-state index >= 15 is 0 Å². The van der Waals surface area contributed by atoms with Crippen LogP contribution in [0.1, 0.15) is 58.6 Å². The summed E-state index contributed by atoms with van der Waals surface area (Å²) < 4.78 is 0. The van der Waals surface area contributed by atoms with E-state index < -0.39 is 10.8 Å². The number of nitrogens with zero attached hydrogens (tertiary/aromatic N) is 5. The van der Waals surface area contributed by atoms with E-state index in [2.05, 4.69) is 63.1 Å². The van der Waals surface area contributed by atoms with Gasteiger partial charge in [-0.3, -0.25) is 19.9 Å². The van der Waals surface area contributed by atoms with Crippen molar-refractivity contribution in [1.82, 2.24) is 35.2 Å². The van der Waals surface area contributed by atoms with E-state index in [4.69, 9.17) is 5.73 Å². The van der Waals surface area contributed by atoms with Crippen molar-refractivity contribution in [1.29, 1.82) is 0 Å². The first-order valence-electron chi connectivity index (χ1n) is 11.6. The van der Waals surface area contributed by atoms with E-state index in [1.54, 1.807) is 29.7 Å². The van der Waals surface area contributed by atoms with Crippen LogP contribution >= 0.6 is 11.8 Å². The van der Waals surface area contributed by atoms with Gasteiger partial charge in [0.2, 0.25) is 0 Å². The van der Waals surface area contributed by atoms with Crippen LogP contribution in [0.15, 0.2) is 29.9 Å². The van der Waals surface area contributed by atoms with Crippen LogP contribution in [-0.4, -0.2) is 70.1 Å². The number of unbranched alkanes of at least 4 members (excludes halogenated alkanes) is 1. The first kappa shape index (κ1) is 25.8. The van der Waals surface area contributed by atoms with Crippen molar-refractivity contribution in [3.8, 4) is 0 Å². The Kier molecular flexibility index (Phi) is 8.72. The molecule has 12 heteroatoms. The number of thioether (sulfide) groups is 1. The molecule has 2 aromatic heterocycles. The molecule has 0 saturated carbocycles. The molecule has 3 rings (SSSR count). The fourth-order valence-electron chi connectivity index (χ4n) is 4.02. The minimum absolute atomic E-state index is 0.197. The molecule has 0 bridgehead atoms. The molecule has 0 aromatic carbocycles. The van der Waals surface area contributed by atoms with E-state index in [1.165, 1.54) is 0 Å². The third-order valence-corrected chi connectivity index (χ3v) is 7.09. The second kappa shape index (κ2) is 11.5. The van der Waals surface area contributed by atoms with Gasteiger partial charge in [-0.25, -0.2) is 9.97 Å². The standard InChI is InChI=1S/C22H35N9O2S/c1-15(2)31(16(3)4)12-6-5-7-22(21(23)33)29-28-19(34-22)20(32)30(13-17-24-8-9-25-17)14-18-26-10-11-27-18/h8-11,15-16,29H,5-7,12-14H2,1-4H3,(H2,23,33)(H,24,25)(H,26,27). The van der Waals surface area contributed by atoms with Crippen LogP contribution in [0, 0.1) is 0 Å². The molecule has 5 N–H and O–H groups in total. The van der Waals surface area contributed by atoms with Gasteiger partial charge in [-0.05, 0) is 53.5 Å². The van der Waals surface area contributed by atoms with Gasteiger partial charge in [0.15, 0.2) is 9.91 Å². The number of nitrogens with one attached hydrogen (secondary N) is 3. The van der Waals surface area contributed by atoms with Crippen molar-refractivity contribution in [2.75, 3.05) is 6.54 Å². The van der Waals surface area contributed by atoms with Crippen LogP contribution in [0.3, 0.4) is 0 Å². The van der Waals surface area contributed by atoms with Gasteiger partial charge in [0.25, 0.3) is 11.8 Å². The number of aromatic nitrogens is 4. The maximum absolute atomic E-state index is 13.4. The van der Waals surface area contributed by atoms with Crippen LogP contribution < -0.4 is 11.2 Å². The molecule has 1 atom stereocenters. The van der Waals surface area contributed by atoms with Crippen LogP contribution in [-0.2, 0) is 22.7 Å². The molecule has 34 heavy (non-hydrogen) atoms. The first-order chi connectivity index (χ1) is 16.2. The summed E-state index contributed by atoms with van der Waals surface area (Å²) in [6.07, 6.45) is 8.84. The molecule has 0 radical (unpaired) electrons. The van der Waals surface area contributed by atoms with Crippen molar-refractivity contribution < 1.29 is 9.59 Å². The largest absolute Gasteiger partial charge is 0.367 e. The maximum atomic E-state index is 13.4. The fraction of sp³-hybridized carbons (Fsp3) is 0.591. The normalized spacial score (nSPS) is 17.9. The number of primary amides is 1. The summed E-state index contributed by atoms with van der Waals surface area (Å²) in [5.74, 6) is 0.423. The average molecular weight is 490 g/mol. The van der Waals surface area contributed by atoms with Crippen molar-refractivity contribution >= 4 is 28.6 Å². The van der Waals surface area contributed by atoms with E-state index in [9.17, 15) is 9.59 Å². The molecule has 2 amide bonds. The molecule has 2 aromatic rings. The predicted molar refractivity (Wildman–Crippen MR) is 132 cm³/mol. The lowest BCUT2D eigenvalue weighted by atomic mass is 10.1.